The van der Waals surface area contributed by atoms with Gasteiger partial charge < -0.3 is 14.1 Å². The number of ether oxygens (including phenoxy) is 1. The Labute approximate surface area is 181 Å². The lowest BCUT2D eigenvalue weighted by atomic mass is 10.2. The molecule has 154 valence electrons. The Balaban J connectivity index is 1.81. The van der Waals surface area contributed by atoms with Gasteiger partial charge in [0.15, 0.2) is 11.5 Å². The van der Waals surface area contributed by atoms with Gasteiger partial charge in [-0.05, 0) is 73.3 Å². The number of carbonyl (C=O) groups excluding carboxylic acids is 1. The van der Waals surface area contributed by atoms with E-state index in [4.69, 9.17) is 9.15 Å². The maximum atomic E-state index is 11.7. The molecule has 0 bridgehead atoms. The Bertz CT molecular complexity index is 1050. The van der Waals surface area contributed by atoms with Crippen molar-refractivity contribution in [3.63, 3.8) is 0 Å². The molecule has 0 fully saturated rings. The summed E-state index contributed by atoms with van der Waals surface area (Å²) >= 11 is 1.29. The predicted molar refractivity (Wildman–Crippen MR) is 124 cm³/mol. The summed E-state index contributed by atoms with van der Waals surface area (Å²) in [5.41, 5.74) is 2.94. The summed E-state index contributed by atoms with van der Waals surface area (Å²) in [6, 6.07) is 19.3. The van der Waals surface area contributed by atoms with E-state index >= 15 is 0 Å². The summed E-state index contributed by atoms with van der Waals surface area (Å²) in [7, 11) is 5.43. The normalized spacial score (nSPS) is 12.0. The molecule has 0 aliphatic rings. The number of thioether (sulfide) groups is 1. The summed E-state index contributed by atoms with van der Waals surface area (Å²) < 4.78 is 11.1. The summed E-state index contributed by atoms with van der Waals surface area (Å²) in [6.07, 6.45) is 2.53. The standard InChI is InChI=1S/C24H24N2O3S/c1-17-5-9-19(10-6-17)25-24(26(2)3)30-22(16-27)15-21-13-14-23(29-21)18-7-11-20(28-4)12-8-18/h5-16H,1-4H3/b22-15-,25-24?. The van der Waals surface area contributed by atoms with Gasteiger partial charge in [-0.15, -0.1) is 0 Å². The molecule has 0 N–H and O–H groups in total. The van der Waals surface area contributed by atoms with Crippen molar-refractivity contribution in [2.45, 2.75) is 6.92 Å². The zero-order chi connectivity index (χ0) is 21.5. The van der Waals surface area contributed by atoms with E-state index in [-0.39, 0.29) is 0 Å². The van der Waals surface area contributed by atoms with Crippen molar-refractivity contribution < 1.29 is 13.9 Å². The second-order valence-corrected chi connectivity index (χ2v) is 7.86. The van der Waals surface area contributed by atoms with Crippen LogP contribution in [0.25, 0.3) is 17.4 Å². The number of furan rings is 1. The SMILES string of the molecule is COc1ccc(-c2ccc(/C=C(/C=O)SC(=Nc3ccc(C)cc3)N(C)C)o2)cc1. The van der Waals surface area contributed by atoms with Crippen LogP contribution < -0.4 is 4.74 Å². The second kappa shape index (κ2) is 9.98. The molecule has 3 rings (SSSR count). The van der Waals surface area contributed by atoms with Gasteiger partial charge in [0.1, 0.15) is 17.3 Å². The van der Waals surface area contributed by atoms with E-state index in [0.29, 0.717) is 15.8 Å². The molecule has 1 heterocycles. The number of aliphatic imine (C=N–C) groups is 1. The molecule has 5 nitrogen and oxygen atoms in total. The van der Waals surface area contributed by atoms with E-state index in [1.807, 2.05) is 86.6 Å². The summed E-state index contributed by atoms with van der Waals surface area (Å²) in [4.78, 5) is 18.7. The number of amidine groups is 1. The van der Waals surface area contributed by atoms with Crippen LogP contribution in [0.2, 0.25) is 0 Å². The lowest BCUT2D eigenvalue weighted by molar-refractivity contribution is -0.104. The molecule has 0 atom stereocenters. The van der Waals surface area contributed by atoms with Crippen LogP contribution >= 0.6 is 11.8 Å². The lowest BCUT2D eigenvalue weighted by Crippen LogP contribution is -2.18. The molecule has 0 saturated heterocycles. The van der Waals surface area contributed by atoms with Crippen molar-refractivity contribution in [3.05, 3.63) is 76.9 Å². The van der Waals surface area contributed by atoms with Crippen LogP contribution in [0, 0.1) is 6.92 Å². The third-order valence-corrected chi connectivity index (χ3v) is 5.34. The second-order valence-electron chi connectivity index (χ2n) is 6.82. The lowest BCUT2D eigenvalue weighted by Gasteiger charge is -2.14. The van der Waals surface area contributed by atoms with Crippen LogP contribution in [0.3, 0.4) is 0 Å². The van der Waals surface area contributed by atoms with E-state index in [1.165, 1.54) is 17.3 Å². The van der Waals surface area contributed by atoms with Crippen LogP contribution in [-0.2, 0) is 4.79 Å². The van der Waals surface area contributed by atoms with E-state index in [2.05, 4.69) is 4.99 Å². The van der Waals surface area contributed by atoms with Gasteiger partial charge in [0.05, 0.1) is 17.7 Å². The molecular weight excluding hydrogens is 396 g/mol. The highest BCUT2D eigenvalue weighted by Gasteiger charge is 2.10. The van der Waals surface area contributed by atoms with Crippen molar-refractivity contribution in [1.29, 1.82) is 0 Å². The molecule has 0 aliphatic carbocycles. The Morgan fingerprint density at radius 1 is 1.03 bits per heavy atom. The van der Waals surface area contributed by atoms with Crippen molar-refractivity contribution in [2.24, 2.45) is 4.99 Å². The molecule has 1 aromatic heterocycles. The van der Waals surface area contributed by atoms with Crippen LogP contribution in [0.1, 0.15) is 11.3 Å². The van der Waals surface area contributed by atoms with Gasteiger partial charge in [-0.1, -0.05) is 17.7 Å². The first-order chi connectivity index (χ1) is 14.5. The van der Waals surface area contributed by atoms with Gasteiger partial charge in [0, 0.05) is 19.7 Å². The minimum Gasteiger partial charge on any atom is -0.497 e. The zero-order valence-electron chi connectivity index (χ0n) is 17.5. The average molecular weight is 421 g/mol. The van der Waals surface area contributed by atoms with Gasteiger partial charge in [0.2, 0.25) is 0 Å². The minimum atomic E-state index is 0.505. The van der Waals surface area contributed by atoms with Crippen molar-refractivity contribution in [2.75, 3.05) is 21.2 Å². The van der Waals surface area contributed by atoms with Crippen LogP contribution in [0.15, 0.2) is 75.0 Å². The van der Waals surface area contributed by atoms with E-state index in [9.17, 15) is 4.79 Å². The minimum absolute atomic E-state index is 0.505. The molecule has 0 unspecified atom stereocenters. The summed E-state index contributed by atoms with van der Waals surface area (Å²) in [6.45, 7) is 2.03. The van der Waals surface area contributed by atoms with Crippen LogP contribution in [0.4, 0.5) is 5.69 Å². The van der Waals surface area contributed by atoms with Crippen LogP contribution in [-0.4, -0.2) is 37.6 Å². The van der Waals surface area contributed by atoms with Crippen LogP contribution in [0.5, 0.6) is 5.75 Å². The number of carbonyl (C=O) groups is 1. The Morgan fingerprint density at radius 3 is 2.33 bits per heavy atom. The first kappa shape index (κ1) is 21.5. The maximum absolute atomic E-state index is 11.7. The molecule has 3 aromatic rings. The molecule has 0 radical (unpaired) electrons. The summed E-state index contributed by atoms with van der Waals surface area (Å²) in [5, 5.41) is 0.708. The Kier molecular flexibility index (Phi) is 7.14. The number of aryl methyl sites for hydroxylation is 1. The number of benzene rings is 2. The van der Waals surface area contributed by atoms with Gasteiger partial charge in [-0.2, -0.15) is 0 Å². The third-order valence-electron chi connectivity index (χ3n) is 4.25. The Hall–Kier alpha value is -3.25. The summed E-state index contributed by atoms with van der Waals surface area (Å²) in [5.74, 6) is 2.11. The van der Waals surface area contributed by atoms with E-state index < -0.39 is 0 Å². The molecule has 6 heteroatoms. The molecule has 0 saturated carbocycles. The van der Waals surface area contributed by atoms with Gasteiger partial charge in [-0.3, -0.25) is 4.79 Å². The average Bonchev–Trinajstić information content (AvgIpc) is 3.22. The molecule has 0 spiro atoms. The fourth-order valence-electron chi connectivity index (χ4n) is 2.62. The topological polar surface area (TPSA) is 55.0 Å². The fraction of sp³-hybridized carbons (Fsp3) is 0.167. The van der Waals surface area contributed by atoms with Crippen molar-refractivity contribution in [3.8, 4) is 17.1 Å². The molecule has 2 aromatic carbocycles. The molecule has 30 heavy (non-hydrogen) atoms. The highest BCUT2D eigenvalue weighted by molar-refractivity contribution is 8.17. The largest absolute Gasteiger partial charge is 0.497 e. The highest BCUT2D eigenvalue weighted by Crippen LogP contribution is 2.28. The number of hydrogen-bond donors (Lipinski definition) is 0. The first-order valence-corrected chi connectivity index (χ1v) is 10.2. The highest BCUT2D eigenvalue weighted by atomic mass is 32.2. The fourth-order valence-corrected chi connectivity index (χ4v) is 3.39. The quantitative estimate of drug-likeness (QED) is 0.219. The Morgan fingerprint density at radius 2 is 1.73 bits per heavy atom. The van der Waals surface area contributed by atoms with Crippen molar-refractivity contribution in [1.82, 2.24) is 4.90 Å². The number of hydrogen-bond acceptors (Lipinski definition) is 5. The molecule has 0 amide bonds. The van der Waals surface area contributed by atoms with E-state index in [0.717, 1.165) is 29.0 Å². The molecular formula is C24H24N2O3S. The number of nitrogens with zero attached hydrogens (tertiary/aromatic N) is 2. The smallest absolute Gasteiger partial charge is 0.168 e. The van der Waals surface area contributed by atoms with Gasteiger partial charge >= 0.3 is 0 Å². The first-order valence-electron chi connectivity index (χ1n) is 9.40. The van der Waals surface area contributed by atoms with E-state index in [1.54, 1.807) is 13.2 Å². The van der Waals surface area contributed by atoms with Gasteiger partial charge in [0.25, 0.3) is 0 Å². The number of aldehydes is 1. The van der Waals surface area contributed by atoms with Crippen molar-refractivity contribution >= 4 is 35.0 Å². The third kappa shape index (κ3) is 5.64. The number of allylic oxidation sites excluding steroid dienone is 1. The maximum Gasteiger partial charge on any atom is 0.168 e. The molecule has 0 aliphatic heterocycles. The zero-order valence-corrected chi connectivity index (χ0v) is 18.3. The predicted octanol–water partition coefficient (Wildman–Crippen LogP) is 5.79. The number of rotatable bonds is 6. The monoisotopic (exact) mass is 420 g/mol. The van der Waals surface area contributed by atoms with Gasteiger partial charge in [-0.25, -0.2) is 4.99 Å². The number of methoxy groups -OCH3 is 1.